The van der Waals surface area contributed by atoms with Gasteiger partial charge in [0.1, 0.15) is 0 Å². The van der Waals surface area contributed by atoms with Crippen molar-refractivity contribution in [2.45, 2.75) is 0 Å². The van der Waals surface area contributed by atoms with Gasteiger partial charge in [-0.1, -0.05) is 0 Å². The molecule has 1 saturated heterocycles. The summed E-state index contributed by atoms with van der Waals surface area (Å²) in [6, 6.07) is 0. The zero-order chi connectivity index (χ0) is 5.82. The molecule has 0 aromatic heterocycles. The van der Waals surface area contributed by atoms with Crippen molar-refractivity contribution in [3.05, 3.63) is 0 Å². The third kappa shape index (κ3) is 1.20. The molecule has 0 aromatic rings. The maximum atomic E-state index is 9.91. The van der Waals surface area contributed by atoms with Crippen LogP contribution in [0, 0.1) is 0 Å². The fourth-order valence-electron chi connectivity index (χ4n) is 0.655. The van der Waals surface area contributed by atoms with E-state index in [2.05, 4.69) is 0 Å². The minimum atomic E-state index is 0.662. The van der Waals surface area contributed by atoms with Crippen molar-refractivity contribution in [2.75, 3.05) is 26.3 Å². The van der Waals surface area contributed by atoms with Crippen LogP contribution >= 0.6 is 0 Å². The lowest BCUT2D eigenvalue weighted by atomic mass is 10.5. The van der Waals surface area contributed by atoms with E-state index in [0.29, 0.717) is 26.3 Å². The standard InChI is InChI=1S/C5H8NO2/c7-5-6-1-3-8-4-2-6/h1-4H2. The van der Waals surface area contributed by atoms with Gasteiger partial charge in [-0.2, -0.15) is 0 Å². The number of morpholine rings is 1. The molecule has 1 amide bonds. The molecule has 1 radical (unpaired) electrons. The predicted molar refractivity (Wildman–Crippen MR) is 28.1 cm³/mol. The molecule has 1 heterocycles. The van der Waals surface area contributed by atoms with Crippen LogP contribution in [0.4, 0.5) is 0 Å². The number of nitrogens with zero attached hydrogens (tertiary/aromatic N) is 1. The Morgan fingerprint density at radius 3 is 2.38 bits per heavy atom. The second-order valence-electron chi connectivity index (χ2n) is 1.69. The molecular weight excluding hydrogens is 106 g/mol. The smallest absolute Gasteiger partial charge is 0.312 e. The van der Waals surface area contributed by atoms with Crippen LogP contribution in [0.3, 0.4) is 0 Å². The van der Waals surface area contributed by atoms with E-state index in [1.54, 1.807) is 4.90 Å². The Bertz CT molecular complexity index is 78.5. The monoisotopic (exact) mass is 114 g/mol. The van der Waals surface area contributed by atoms with Gasteiger partial charge in [0, 0.05) is 13.1 Å². The zero-order valence-corrected chi connectivity index (χ0v) is 4.59. The van der Waals surface area contributed by atoms with Crippen molar-refractivity contribution in [3.8, 4) is 0 Å². The molecule has 0 saturated carbocycles. The Morgan fingerprint density at radius 1 is 1.38 bits per heavy atom. The summed E-state index contributed by atoms with van der Waals surface area (Å²) in [6.45, 7) is 2.72. The highest BCUT2D eigenvalue weighted by atomic mass is 16.5. The molecule has 1 rings (SSSR count). The molecule has 1 aliphatic heterocycles. The van der Waals surface area contributed by atoms with E-state index >= 15 is 0 Å². The molecule has 1 aliphatic rings. The molecule has 0 atom stereocenters. The molecule has 3 heteroatoms. The summed E-state index contributed by atoms with van der Waals surface area (Å²) >= 11 is 0. The lowest BCUT2D eigenvalue weighted by Gasteiger charge is -2.20. The molecule has 8 heavy (non-hydrogen) atoms. The van der Waals surface area contributed by atoms with Crippen LogP contribution in [0.15, 0.2) is 0 Å². The van der Waals surface area contributed by atoms with Crippen LogP contribution in [0.2, 0.25) is 0 Å². The normalized spacial score (nSPS) is 20.8. The van der Waals surface area contributed by atoms with E-state index < -0.39 is 0 Å². The van der Waals surface area contributed by atoms with Gasteiger partial charge < -0.3 is 9.64 Å². The number of ether oxygens (including phenoxy) is 1. The quantitative estimate of drug-likeness (QED) is 0.455. The molecule has 45 valence electrons. The third-order valence-corrected chi connectivity index (χ3v) is 1.14. The Labute approximate surface area is 48.2 Å². The third-order valence-electron chi connectivity index (χ3n) is 1.14. The summed E-state index contributed by atoms with van der Waals surface area (Å²) < 4.78 is 4.98. The van der Waals surface area contributed by atoms with Gasteiger partial charge in [-0.3, -0.25) is 4.79 Å². The summed E-state index contributed by atoms with van der Waals surface area (Å²) in [7, 11) is 0. The maximum Gasteiger partial charge on any atom is 0.312 e. The predicted octanol–water partition coefficient (Wildman–Crippen LogP) is -0.614. The van der Waals surface area contributed by atoms with Gasteiger partial charge in [0.2, 0.25) is 0 Å². The highest BCUT2D eigenvalue weighted by molar-refractivity contribution is 5.48. The average molecular weight is 114 g/mol. The van der Waals surface area contributed by atoms with E-state index in [-0.39, 0.29) is 0 Å². The van der Waals surface area contributed by atoms with Crippen LogP contribution in [0.25, 0.3) is 0 Å². The Kier molecular flexibility index (Phi) is 1.86. The molecule has 0 spiro atoms. The van der Waals surface area contributed by atoms with Crippen molar-refractivity contribution in [3.63, 3.8) is 0 Å². The van der Waals surface area contributed by atoms with Crippen molar-refractivity contribution in [1.29, 1.82) is 0 Å². The van der Waals surface area contributed by atoms with Crippen molar-refractivity contribution in [2.24, 2.45) is 0 Å². The summed E-state index contributed by atoms with van der Waals surface area (Å²) in [5.41, 5.74) is 0. The lowest BCUT2D eigenvalue weighted by Crippen LogP contribution is -2.34. The van der Waals surface area contributed by atoms with Crippen molar-refractivity contribution < 1.29 is 9.53 Å². The van der Waals surface area contributed by atoms with E-state index in [9.17, 15) is 4.79 Å². The van der Waals surface area contributed by atoms with Gasteiger partial charge in [0.15, 0.2) is 0 Å². The minimum Gasteiger partial charge on any atom is -0.378 e. The summed E-state index contributed by atoms with van der Waals surface area (Å²) in [4.78, 5) is 11.5. The summed E-state index contributed by atoms with van der Waals surface area (Å²) in [5, 5.41) is 0. The van der Waals surface area contributed by atoms with Crippen molar-refractivity contribution in [1.82, 2.24) is 4.90 Å². The van der Waals surface area contributed by atoms with Gasteiger partial charge >= 0.3 is 6.41 Å². The molecule has 0 N–H and O–H groups in total. The van der Waals surface area contributed by atoms with Crippen molar-refractivity contribution >= 4 is 6.41 Å². The molecule has 0 aromatic carbocycles. The number of hydrogen-bond donors (Lipinski definition) is 0. The second-order valence-corrected chi connectivity index (χ2v) is 1.69. The van der Waals surface area contributed by atoms with Gasteiger partial charge in [0.25, 0.3) is 0 Å². The Balaban J connectivity index is 2.22. The Morgan fingerprint density at radius 2 is 2.00 bits per heavy atom. The molecule has 0 bridgehead atoms. The topological polar surface area (TPSA) is 29.5 Å². The van der Waals surface area contributed by atoms with Crippen LogP contribution in [-0.4, -0.2) is 37.6 Å². The molecule has 0 unspecified atom stereocenters. The van der Waals surface area contributed by atoms with Gasteiger partial charge in [-0.15, -0.1) is 0 Å². The molecule has 0 aliphatic carbocycles. The van der Waals surface area contributed by atoms with E-state index in [1.807, 2.05) is 6.41 Å². The highest BCUT2D eigenvalue weighted by Gasteiger charge is 2.06. The largest absolute Gasteiger partial charge is 0.378 e. The molecular formula is C5H8NO2. The van der Waals surface area contributed by atoms with Gasteiger partial charge in [-0.05, 0) is 0 Å². The number of hydrogen-bond acceptors (Lipinski definition) is 2. The van der Waals surface area contributed by atoms with E-state index in [4.69, 9.17) is 4.74 Å². The fourth-order valence-corrected chi connectivity index (χ4v) is 0.655. The van der Waals surface area contributed by atoms with Crippen LogP contribution in [-0.2, 0) is 9.53 Å². The average Bonchev–Trinajstić information content (AvgIpc) is 1.90. The minimum absolute atomic E-state index is 0.662. The fraction of sp³-hybridized carbons (Fsp3) is 0.800. The lowest BCUT2D eigenvalue weighted by molar-refractivity contribution is 0.0668. The first-order valence-corrected chi connectivity index (χ1v) is 2.64. The first kappa shape index (κ1) is 5.56. The second kappa shape index (κ2) is 2.67. The van der Waals surface area contributed by atoms with Gasteiger partial charge in [-0.25, -0.2) is 0 Å². The Hall–Kier alpha value is -0.570. The SMILES string of the molecule is O=[C]N1CCOCC1. The van der Waals surface area contributed by atoms with Crippen LogP contribution in [0.5, 0.6) is 0 Å². The van der Waals surface area contributed by atoms with E-state index in [0.717, 1.165) is 0 Å². The first-order chi connectivity index (χ1) is 3.93. The number of amides is 1. The van der Waals surface area contributed by atoms with E-state index in [1.165, 1.54) is 0 Å². The van der Waals surface area contributed by atoms with Gasteiger partial charge in [0.05, 0.1) is 13.2 Å². The van der Waals surface area contributed by atoms with Crippen LogP contribution in [0.1, 0.15) is 0 Å². The maximum absolute atomic E-state index is 9.91. The molecule has 1 fully saturated rings. The first-order valence-electron chi connectivity index (χ1n) is 2.64. The highest BCUT2D eigenvalue weighted by Crippen LogP contribution is 1.90. The number of rotatable bonds is 1. The summed E-state index contributed by atoms with van der Waals surface area (Å²) in [6.07, 6.45) is 1.81. The zero-order valence-electron chi connectivity index (χ0n) is 4.59. The summed E-state index contributed by atoms with van der Waals surface area (Å²) in [5.74, 6) is 0. The number of carbonyl (C=O) groups excluding carboxylic acids is 1. The molecule has 3 nitrogen and oxygen atoms in total. The van der Waals surface area contributed by atoms with Crippen LogP contribution < -0.4 is 0 Å².